The summed E-state index contributed by atoms with van der Waals surface area (Å²) in [4.78, 5) is 0. The Morgan fingerprint density at radius 3 is 2.50 bits per heavy atom. The van der Waals surface area contributed by atoms with E-state index in [1.165, 1.54) is 6.07 Å². The number of ether oxygens (including phenoxy) is 1. The second-order valence-corrected chi connectivity index (χ2v) is 6.75. The molecule has 0 saturated heterocycles. The minimum absolute atomic E-state index is 0.238. The van der Waals surface area contributed by atoms with Crippen molar-refractivity contribution in [2.45, 2.75) is 6.61 Å². The lowest BCUT2D eigenvalue weighted by Crippen LogP contribution is -1.98. The highest BCUT2D eigenvalue weighted by Crippen LogP contribution is 2.29. The van der Waals surface area contributed by atoms with Gasteiger partial charge < -0.3 is 4.74 Å². The summed E-state index contributed by atoms with van der Waals surface area (Å²) in [6.07, 6.45) is 1.62. The van der Waals surface area contributed by atoms with E-state index in [2.05, 4.69) is 22.0 Å². The van der Waals surface area contributed by atoms with Crippen LogP contribution in [0.3, 0.4) is 0 Å². The molecule has 136 valence electrons. The zero-order chi connectivity index (χ0) is 19.9. The maximum atomic E-state index is 14.0. The van der Waals surface area contributed by atoms with Gasteiger partial charge in [0.25, 0.3) is 0 Å². The molecular weight excluding hydrogens is 419 g/mol. The van der Waals surface area contributed by atoms with E-state index >= 15 is 0 Å². The SMILES string of the molecule is N#C/C(=C/c1ccc(OCc2ccccc2C#N)c(Br)c1)c1ccccc1F. The van der Waals surface area contributed by atoms with Gasteiger partial charge in [-0.05, 0) is 51.8 Å². The Morgan fingerprint density at radius 1 is 1.04 bits per heavy atom. The fraction of sp³-hybridized carbons (Fsp3) is 0.0435. The number of hydrogen-bond acceptors (Lipinski definition) is 3. The first-order chi connectivity index (χ1) is 13.6. The number of allylic oxidation sites excluding steroid dienone is 1. The Hall–Kier alpha value is -3.41. The topological polar surface area (TPSA) is 56.8 Å². The molecule has 0 atom stereocenters. The van der Waals surface area contributed by atoms with Crippen molar-refractivity contribution in [2.24, 2.45) is 0 Å². The molecule has 3 nitrogen and oxygen atoms in total. The highest BCUT2D eigenvalue weighted by atomic mass is 79.9. The van der Waals surface area contributed by atoms with Crippen LogP contribution in [0.4, 0.5) is 4.39 Å². The van der Waals surface area contributed by atoms with Gasteiger partial charge in [-0.15, -0.1) is 0 Å². The fourth-order valence-electron chi connectivity index (χ4n) is 2.65. The van der Waals surface area contributed by atoms with Crippen molar-refractivity contribution >= 4 is 27.6 Å². The van der Waals surface area contributed by atoms with Gasteiger partial charge in [-0.25, -0.2) is 4.39 Å². The van der Waals surface area contributed by atoms with Crippen molar-refractivity contribution in [3.05, 3.63) is 99.3 Å². The minimum atomic E-state index is -0.439. The van der Waals surface area contributed by atoms with E-state index in [0.29, 0.717) is 15.8 Å². The van der Waals surface area contributed by atoms with Gasteiger partial charge in [-0.1, -0.05) is 42.5 Å². The lowest BCUT2D eigenvalue weighted by atomic mass is 10.0. The first-order valence-corrected chi connectivity index (χ1v) is 9.18. The number of rotatable bonds is 5. The van der Waals surface area contributed by atoms with Crippen LogP contribution in [0.2, 0.25) is 0 Å². The molecule has 3 aromatic rings. The van der Waals surface area contributed by atoms with Crippen LogP contribution in [0.15, 0.2) is 71.2 Å². The highest BCUT2D eigenvalue weighted by molar-refractivity contribution is 9.10. The third kappa shape index (κ3) is 4.46. The van der Waals surface area contributed by atoms with Gasteiger partial charge in [0.05, 0.1) is 27.7 Å². The van der Waals surface area contributed by atoms with E-state index in [4.69, 9.17) is 10.00 Å². The maximum absolute atomic E-state index is 14.0. The van der Waals surface area contributed by atoms with Gasteiger partial charge in [0.15, 0.2) is 0 Å². The van der Waals surface area contributed by atoms with Crippen molar-refractivity contribution in [1.82, 2.24) is 0 Å². The van der Waals surface area contributed by atoms with Gasteiger partial charge in [0.2, 0.25) is 0 Å². The van der Waals surface area contributed by atoms with E-state index in [0.717, 1.165) is 11.1 Å². The third-order valence-corrected chi connectivity index (χ3v) is 4.69. The molecule has 0 bridgehead atoms. The van der Waals surface area contributed by atoms with E-state index in [1.807, 2.05) is 18.2 Å². The fourth-order valence-corrected chi connectivity index (χ4v) is 3.16. The lowest BCUT2D eigenvalue weighted by molar-refractivity contribution is 0.304. The molecule has 0 aliphatic carbocycles. The zero-order valence-electron chi connectivity index (χ0n) is 14.7. The number of halogens is 2. The molecule has 0 heterocycles. The molecule has 3 aromatic carbocycles. The summed E-state index contributed by atoms with van der Waals surface area (Å²) in [6.45, 7) is 0.260. The largest absolute Gasteiger partial charge is 0.488 e. The predicted molar refractivity (Wildman–Crippen MR) is 110 cm³/mol. The van der Waals surface area contributed by atoms with E-state index in [-0.39, 0.29) is 17.7 Å². The molecule has 0 saturated carbocycles. The normalized spacial score (nSPS) is 10.8. The Bertz CT molecular complexity index is 1130. The molecule has 0 unspecified atom stereocenters. The van der Waals surface area contributed by atoms with E-state index in [9.17, 15) is 9.65 Å². The van der Waals surface area contributed by atoms with Gasteiger partial charge in [-0.2, -0.15) is 10.5 Å². The van der Waals surface area contributed by atoms with Crippen LogP contribution in [0, 0.1) is 28.5 Å². The van der Waals surface area contributed by atoms with Crippen molar-refractivity contribution in [3.63, 3.8) is 0 Å². The Balaban J connectivity index is 1.82. The average Bonchev–Trinajstić information content (AvgIpc) is 2.72. The van der Waals surface area contributed by atoms with Crippen LogP contribution in [0.1, 0.15) is 22.3 Å². The Labute approximate surface area is 171 Å². The third-order valence-electron chi connectivity index (χ3n) is 4.07. The van der Waals surface area contributed by atoms with Gasteiger partial charge in [0.1, 0.15) is 18.2 Å². The molecule has 0 aliphatic heterocycles. The molecule has 5 heteroatoms. The lowest BCUT2D eigenvalue weighted by Gasteiger charge is -2.10. The summed E-state index contributed by atoms with van der Waals surface area (Å²) in [5, 5.41) is 18.6. The number of hydrogen-bond donors (Lipinski definition) is 0. The summed E-state index contributed by atoms with van der Waals surface area (Å²) in [6, 6.07) is 23.0. The van der Waals surface area contributed by atoms with Crippen LogP contribution in [0.25, 0.3) is 11.6 Å². The first-order valence-electron chi connectivity index (χ1n) is 8.39. The Kier molecular flexibility index (Phi) is 6.22. The molecule has 0 N–H and O–H groups in total. The molecular formula is C23H14BrFN2O. The molecule has 0 fully saturated rings. The monoisotopic (exact) mass is 432 g/mol. The first kappa shape index (κ1) is 19.4. The van der Waals surface area contributed by atoms with Crippen molar-refractivity contribution in [1.29, 1.82) is 10.5 Å². The van der Waals surface area contributed by atoms with Crippen LogP contribution < -0.4 is 4.74 Å². The molecule has 0 radical (unpaired) electrons. The average molecular weight is 433 g/mol. The van der Waals surface area contributed by atoms with E-state index in [1.54, 1.807) is 54.6 Å². The highest BCUT2D eigenvalue weighted by Gasteiger charge is 2.09. The molecule has 0 spiro atoms. The number of nitrogens with zero attached hydrogens (tertiary/aromatic N) is 2. The molecule has 28 heavy (non-hydrogen) atoms. The maximum Gasteiger partial charge on any atom is 0.134 e. The summed E-state index contributed by atoms with van der Waals surface area (Å²) in [5.41, 5.74) is 2.60. The zero-order valence-corrected chi connectivity index (χ0v) is 16.3. The molecule has 0 amide bonds. The molecule has 0 aliphatic rings. The number of benzene rings is 3. The Morgan fingerprint density at radius 2 is 1.79 bits per heavy atom. The predicted octanol–water partition coefficient (Wildman–Crippen LogP) is 6.10. The standard InChI is InChI=1S/C23H14BrFN2O/c24-21-12-16(11-19(14-27)20-7-3-4-8-22(20)25)9-10-23(21)28-15-18-6-2-1-5-17(18)13-26/h1-12H,15H2/b19-11-. The number of nitriles is 2. The van der Waals surface area contributed by atoms with Crippen molar-refractivity contribution in [3.8, 4) is 17.9 Å². The summed E-state index contributed by atoms with van der Waals surface area (Å²) >= 11 is 3.46. The van der Waals surface area contributed by atoms with E-state index < -0.39 is 5.82 Å². The quantitative estimate of drug-likeness (QED) is 0.361. The molecule has 3 rings (SSSR count). The van der Waals surface area contributed by atoms with Gasteiger partial charge in [-0.3, -0.25) is 0 Å². The second kappa shape index (κ2) is 8.99. The summed E-state index contributed by atoms with van der Waals surface area (Å²) in [5.74, 6) is 0.166. The minimum Gasteiger partial charge on any atom is -0.488 e. The van der Waals surface area contributed by atoms with Gasteiger partial charge in [0, 0.05) is 11.1 Å². The smallest absolute Gasteiger partial charge is 0.134 e. The molecule has 0 aromatic heterocycles. The van der Waals surface area contributed by atoms with Crippen molar-refractivity contribution in [2.75, 3.05) is 0 Å². The van der Waals surface area contributed by atoms with Crippen molar-refractivity contribution < 1.29 is 9.13 Å². The van der Waals surface area contributed by atoms with Crippen LogP contribution in [-0.2, 0) is 6.61 Å². The van der Waals surface area contributed by atoms with Crippen LogP contribution >= 0.6 is 15.9 Å². The van der Waals surface area contributed by atoms with Crippen LogP contribution in [-0.4, -0.2) is 0 Å². The van der Waals surface area contributed by atoms with Crippen LogP contribution in [0.5, 0.6) is 5.75 Å². The summed E-state index contributed by atoms with van der Waals surface area (Å²) < 4.78 is 20.5. The summed E-state index contributed by atoms with van der Waals surface area (Å²) in [7, 11) is 0. The van der Waals surface area contributed by atoms with Gasteiger partial charge >= 0.3 is 0 Å². The second-order valence-electron chi connectivity index (χ2n) is 5.90.